The molecule has 0 saturated carbocycles. The zero-order chi connectivity index (χ0) is 18.1. The number of rotatable bonds is 4. The molecule has 3 heterocycles. The number of fused-ring (bicyclic) bond motifs is 1. The van der Waals surface area contributed by atoms with Crippen LogP contribution >= 0.6 is 0 Å². The molecular weight excluding hydrogens is 332 g/mol. The summed E-state index contributed by atoms with van der Waals surface area (Å²) >= 11 is 0. The van der Waals surface area contributed by atoms with E-state index in [1.165, 1.54) is 6.20 Å². The summed E-state index contributed by atoms with van der Waals surface area (Å²) in [6.07, 6.45) is 2.19. The second-order valence-electron chi connectivity index (χ2n) is 6.12. The summed E-state index contributed by atoms with van der Waals surface area (Å²) in [7, 11) is 1.65. The van der Waals surface area contributed by atoms with Crippen molar-refractivity contribution in [3.8, 4) is 17.1 Å². The van der Waals surface area contributed by atoms with Crippen LogP contribution in [0.3, 0.4) is 0 Å². The quantitative estimate of drug-likeness (QED) is 0.752. The van der Waals surface area contributed by atoms with Crippen LogP contribution < -0.4 is 9.64 Å². The number of aromatic carboxylic acids is 1. The van der Waals surface area contributed by atoms with Gasteiger partial charge in [0.05, 0.1) is 30.6 Å². The van der Waals surface area contributed by atoms with Gasteiger partial charge in [-0.3, -0.25) is 0 Å². The van der Waals surface area contributed by atoms with Gasteiger partial charge in [-0.05, 0) is 24.3 Å². The Morgan fingerprint density at radius 3 is 2.92 bits per heavy atom. The molecule has 26 heavy (non-hydrogen) atoms. The number of anilines is 1. The SMILES string of the molecule is COc1cccc(-c2nc3c([nH]2)CN(c2ccc(C(=O)O)cn2)CC3)c1. The number of carbonyl (C=O) groups is 1. The summed E-state index contributed by atoms with van der Waals surface area (Å²) < 4.78 is 5.28. The van der Waals surface area contributed by atoms with Crippen LogP contribution in [0.1, 0.15) is 21.7 Å². The Morgan fingerprint density at radius 1 is 1.31 bits per heavy atom. The molecular formula is C19H18N4O3. The van der Waals surface area contributed by atoms with E-state index in [1.54, 1.807) is 19.2 Å². The zero-order valence-electron chi connectivity index (χ0n) is 14.3. The molecule has 7 heteroatoms. The average molecular weight is 350 g/mol. The minimum absolute atomic E-state index is 0.188. The number of hydrogen-bond donors (Lipinski definition) is 2. The monoisotopic (exact) mass is 350 g/mol. The van der Waals surface area contributed by atoms with Crippen molar-refractivity contribution < 1.29 is 14.6 Å². The smallest absolute Gasteiger partial charge is 0.337 e. The van der Waals surface area contributed by atoms with Gasteiger partial charge in [0.25, 0.3) is 0 Å². The van der Waals surface area contributed by atoms with Crippen molar-refractivity contribution >= 4 is 11.8 Å². The van der Waals surface area contributed by atoms with E-state index in [2.05, 4.69) is 14.9 Å². The van der Waals surface area contributed by atoms with Gasteiger partial charge in [0, 0.05) is 24.7 Å². The van der Waals surface area contributed by atoms with Crippen LogP contribution in [0.25, 0.3) is 11.4 Å². The first-order valence-electron chi connectivity index (χ1n) is 8.30. The fourth-order valence-electron chi connectivity index (χ4n) is 3.10. The second-order valence-corrected chi connectivity index (χ2v) is 6.12. The highest BCUT2D eigenvalue weighted by Crippen LogP contribution is 2.27. The van der Waals surface area contributed by atoms with Crippen LogP contribution in [0.4, 0.5) is 5.82 Å². The van der Waals surface area contributed by atoms with E-state index in [4.69, 9.17) is 14.8 Å². The number of methoxy groups -OCH3 is 1. The fraction of sp³-hybridized carbons (Fsp3) is 0.211. The first-order chi connectivity index (χ1) is 12.6. The number of nitrogens with zero attached hydrogens (tertiary/aromatic N) is 3. The Hall–Kier alpha value is -3.35. The molecule has 132 valence electrons. The third-order valence-corrected chi connectivity index (χ3v) is 4.49. The van der Waals surface area contributed by atoms with Gasteiger partial charge >= 0.3 is 5.97 Å². The van der Waals surface area contributed by atoms with Crippen molar-refractivity contribution in [2.75, 3.05) is 18.6 Å². The highest BCUT2D eigenvalue weighted by atomic mass is 16.5. The largest absolute Gasteiger partial charge is 0.497 e. The fourth-order valence-corrected chi connectivity index (χ4v) is 3.10. The number of benzene rings is 1. The molecule has 4 rings (SSSR count). The number of carboxylic acids is 1. The van der Waals surface area contributed by atoms with Gasteiger partial charge < -0.3 is 19.7 Å². The number of nitrogens with one attached hydrogen (secondary N) is 1. The maximum atomic E-state index is 11.0. The summed E-state index contributed by atoms with van der Waals surface area (Å²) in [5.74, 6) is 1.41. The van der Waals surface area contributed by atoms with Gasteiger partial charge in [0.2, 0.25) is 0 Å². The average Bonchev–Trinajstić information content (AvgIpc) is 3.11. The lowest BCUT2D eigenvalue weighted by Gasteiger charge is -2.27. The van der Waals surface area contributed by atoms with Crippen molar-refractivity contribution in [2.45, 2.75) is 13.0 Å². The molecule has 2 aromatic heterocycles. The van der Waals surface area contributed by atoms with E-state index in [-0.39, 0.29) is 5.56 Å². The molecule has 0 fully saturated rings. The summed E-state index contributed by atoms with van der Waals surface area (Å²) in [5, 5.41) is 8.99. The zero-order valence-corrected chi connectivity index (χ0v) is 14.3. The van der Waals surface area contributed by atoms with Crippen molar-refractivity contribution in [3.63, 3.8) is 0 Å². The number of hydrogen-bond acceptors (Lipinski definition) is 5. The number of aromatic nitrogens is 3. The Labute approximate surface area is 150 Å². The number of imidazole rings is 1. The minimum Gasteiger partial charge on any atom is -0.497 e. The van der Waals surface area contributed by atoms with Crippen LogP contribution in [0.2, 0.25) is 0 Å². The second kappa shape index (κ2) is 6.51. The Kier molecular flexibility index (Phi) is 4.04. The Balaban J connectivity index is 1.57. The Morgan fingerprint density at radius 2 is 2.19 bits per heavy atom. The number of H-pyrrole nitrogens is 1. The first kappa shape index (κ1) is 16.1. The third-order valence-electron chi connectivity index (χ3n) is 4.49. The molecule has 1 aliphatic heterocycles. The molecule has 0 bridgehead atoms. The number of aromatic amines is 1. The summed E-state index contributed by atoms with van der Waals surface area (Å²) in [5.41, 5.74) is 3.28. The lowest BCUT2D eigenvalue weighted by Crippen LogP contribution is -2.31. The van der Waals surface area contributed by atoms with Crippen LogP contribution in [-0.4, -0.2) is 39.7 Å². The van der Waals surface area contributed by atoms with Gasteiger partial charge in [-0.15, -0.1) is 0 Å². The van der Waals surface area contributed by atoms with Crippen LogP contribution in [0, 0.1) is 0 Å². The van der Waals surface area contributed by atoms with Crippen molar-refractivity contribution in [1.29, 1.82) is 0 Å². The van der Waals surface area contributed by atoms with E-state index in [0.29, 0.717) is 6.54 Å². The third kappa shape index (κ3) is 2.99. The van der Waals surface area contributed by atoms with Gasteiger partial charge in [0.1, 0.15) is 17.4 Å². The molecule has 2 N–H and O–H groups in total. The molecule has 0 atom stereocenters. The molecule has 1 aromatic carbocycles. The lowest BCUT2D eigenvalue weighted by molar-refractivity contribution is 0.0696. The van der Waals surface area contributed by atoms with Gasteiger partial charge in [-0.25, -0.2) is 14.8 Å². The van der Waals surface area contributed by atoms with Crippen LogP contribution in [0.15, 0.2) is 42.6 Å². The lowest BCUT2D eigenvalue weighted by atomic mass is 10.1. The summed E-state index contributed by atoms with van der Waals surface area (Å²) in [6, 6.07) is 11.1. The summed E-state index contributed by atoms with van der Waals surface area (Å²) in [4.78, 5) is 25.5. The van der Waals surface area contributed by atoms with Crippen molar-refractivity contribution in [2.24, 2.45) is 0 Å². The topological polar surface area (TPSA) is 91.3 Å². The van der Waals surface area contributed by atoms with E-state index in [0.717, 1.165) is 47.3 Å². The maximum absolute atomic E-state index is 11.0. The van der Waals surface area contributed by atoms with Crippen LogP contribution in [-0.2, 0) is 13.0 Å². The predicted molar refractivity (Wildman–Crippen MR) is 96.5 cm³/mol. The van der Waals surface area contributed by atoms with Gasteiger partial charge in [0.15, 0.2) is 0 Å². The number of ether oxygens (including phenoxy) is 1. The van der Waals surface area contributed by atoms with E-state index >= 15 is 0 Å². The van der Waals surface area contributed by atoms with Crippen LogP contribution in [0.5, 0.6) is 5.75 Å². The van der Waals surface area contributed by atoms with Gasteiger partial charge in [-0.1, -0.05) is 12.1 Å². The minimum atomic E-state index is -0.971. The van der Waals surface area contributed by atoms with E-state index in [1.807, 2.05) is 24.3 Å². The number of carboxylic acid groups (broad SMARTS) is 1. The maximum Gasteiger partial charge on any atom is 0.337 e. The highest BCUT2D eigenvalue weighted by molar-refractivity contribution is 5.87. The molecule has 0 saturated heterocycles. The number of pyridine rings is 1. The van der Waals surface area contributed by atoms with Gasteiger partial charge in [-0.2, -0.15) is 0 Å². The van der Waals surface area contributed by atoms with E-state index in [9.17, 15) is 4.79 Å². The molecule has 1 aliphatic rings. The normalized spacial score (nSPS) is 13.3. The molecule has 0 radical (unpaired) electrons. The van der Waals surface area contributed by atoms with E-state index < -0.39 is 5.97 Å². The Bertz CT molecular complexity index is 950. The van der Waals surface area contributed by atoms with Crippen molar-refractivity contribution in [3.05, 3.63) is 59.5 Å². The molecule has 0 spiro atoms. The molecule has 0 aliphatic carbocycles. The molecule has 0 unspecified atom stereocenters. The standard InChI is InChI=1S/C19H18N4O3/c1-26-14-4-2-3-12(9-14)18-21-15-7-8-23(11-16(15)22-18)17-6-5-13(10-20-17)19(24)25/h2-6,9-10H,7-8,11H2,1H3,(H,21,22)(H,24,25). The summed E-state index contributed by atoms with van der Waals surface area (Å²) in [6.45, 7) is 1.44. The first-order valence-corrected chi connectivity index (χ1v) is 8.30. The highest BCUT2D eigenvalue weighted by Gasteiger charge is 2.22. The molecule has 3 aromatic rings. The molecule has 7 nitrogen and oxygen atoms in total. The van der Waals surface area contributed by atoms with Crippen molar-refractivity contribution in [1.82, 2.24) is 15.0 Å². The molecule has 0 amide bonds. The predicted octanol–water partition coefficient (Wildman–Crippen LogP) is 2.74.